The maximum Gasteiger partial charge on any atom is 0.119 e. The third-order valence-corrected chi connectivity index (χ3v) is 4.15. The minimum absolute atomic E-state index is 0.338. The van der Waals surface area contributed by atoms with Crippen molar-refractivity contribution in [2.75, 3.05) is 26.2 Å². The van der Waals surface area contributed by atoms with Gasteiger partial charge in [0.2, 0.25) is 0 Å². The number of benzene rings is 1. The molecule has 1 aromatic rings. The molecule has 1 aliphatic rings. The Hall–Kier alpha value is -1.06. The van der Waals surface area contributed by atoms with Crippen LogP contribution in [0.4, 0.5) is 0 Å². The van der Waals surface area contributed by atoms with Crippen LogP contribution in [0.15, 0.2) is 18.2 Å². The number of rotatable bonds is 6. The second kappa shape index (κ2) is 6.15. The van der Waals surface area contributed by atoms with Crippen LogP contribution in [0.25, 0.3) is 0 Å². The summed E-state index contributed by atoms with van der Waals surface area (Å²) in [6.45, 7) is 11.7. The largest absolute Gasteiger partial charge is 0.494 e. The number of nitrogens with zero attached hydrogens (tertiary/aromatic N) is 1. The molecule has 1 aromatic carbocycles. The minimum atomic E-state index is -0.464. The van der Waals surface area contributed by atoms with Crippen LogP contribution in [0.3, 0.4) is 0 Å². The molecule has 3 heteroatoms. The van der Waals surface area contributed by atoms with Crippen LogP contribution in [0.5, 0.6) is 5.75 Å². The van der Waals surface area contributed by atoms with Gasteiger partial charge in [0, 0.05) is 19.6 Å². The van der Waals surface area contributed by atoms with E-state index in [1.165, 1.54) is 11.1 Å². The molecule has 0 atom stereocenters. The Morgan fingerprint density at radius 2 is 1.80 bits per heavy atom. The maximum absolute atomic E-state index is 10.2. The van der Waals surface area contributed by atoms with Gasteiger partial charge in [-0.2, -0.15) is 0 Å². The monoisotopic (exact) mass is 277 g/mol. The maximum atomic E-state index is 10.2. The predicted octanol–water partition coefficient (Wildman–Crippen LogP) is 2.78. The van der Waals surface area contributed by atoms with E-state index < -0.39 is 5.60 Å². The van der Waals surface area contributed by atoms with Gasteiger partial charge in [-0.05, 0) is 49.4 Å². The van der Waals surface area contributed by atoms with Crippen LogP contribution < -0.4 is 4.74 Å². The zero-order valence-corrected chi connectivity index (χ0v) is 13.1. The Labute approximate surface area is 122 Å². The van der Waals surface area contributed by atoms with E-state index in [4.69, 9.17) is 4.74 Å². The first-order valence-corrected chi connectivity index (χ1v) is 7.55. The number of aryl methyl sites for hydroxylation is 2. The molecule has 112 valence electrons. The van der Waals surface area contributed by atoms with E-state index in [1.807, 2.05) is 0 Å². The molecule has 1 aliphatic heterocycles. The van der Waals surface area contributed by atoms with Gasteiger partial charge in [-0.1, -0.05) is 19.9 Å². The van der Waals surface area contributed by atoms with E-state index in [0.717, 1.165) is 38.4 Å². The Morgan fingerprint density at radius 3 is 2.35 bits per heavy atom. The summed E-state index contributed by atoms with van der Waals surface area (Å²) in [7, 11) is 0. The topological polar surface area (TPSA) is 32.7 Å². The summed E-state index contributed by atoms with van der Waals surface area (Å²) >= 11 is 0. The Kier molecular flexibility index (Phi) is 4.71. The van der Waals surface area contributed by atoms with Crippen LogP contribution in [0.2, 0.25) is 0 Å². The van der Waals surface area contributed by atoms with E-state index in [9.17, 15) is 5.11 Å². The molecule has 1 N–H and O–H groups in total. The molecule has 1 saturated heterocycles. The van der Waals surface area contributed by atoms with Gasteiger partial charge >= 0.3 is 0 Å². The van der Waals surface area contributed by atoms with Crippen molar-refractivity contribution in [1.82, 2.24) is 4.90 Å². The molecule has 20 heavy (non-hydrogen) atoms. The van der Waals surface area contributed by atoms with E-state index >= 15 is 0 Å². The van der Waals surface area contributed by atoms with E-state index in [1.54, 1.807) is 0 Å². The van der Waals surface area contributed by atoms with Gasteiger partial charge in [0.1, 0.15) is 5.75 Å². The molecular weight excluding hydrogens is 250 g/mol. The average Bonchev–Trinajstić information content (AvgIpc) is 2.30. The molecule has 2 rings (SSSR count). The first kappa shape index (κ1) is 15.3. The summed E-state index contributed by atoms with van der Waals surface area (Å²) in [6.07, 6.45) is 1.00. The standard InChI is InChI=1S/C17H27NO2/c1-13(2)17(19)11-18(12-17)6-5-7-20-16-9-14(3)8-15(4)10-16/h8-10,13,19H,5-7,11-12H2,1-4H3. The second-order valence-electron chi connectivity index (χ2n) is 6.49. The Bertz CT molecular complexity index is 430. The summed E-state index contributed by atoms with van der Waals surface area (Å²) in [5.41, 5.74) is 2.02. The molecule has 0 aliphatic carbocycles. The molecule has 0 aromatic heterocycles. The van der Waals surface area contributed by atoms with Crippen molar-refractivity contribution in [2.45, 2.75) is 39.7 Å². The third kappa shape index (κ3) is 3.74. The predicted molar refractivity (Wildman–Crippen MR) is 82.3 cm³/mol. The normalized spacial score (nSPS) is 18.1. The number of likely N-dealkylation sites (tertiary alicyclic amines) is 1. The lowest BCUT2D eigenvalue weighted by Gasteiger charge is -2.49. The summed E-state index contributed by atoms with van der Waals surface area (Å²) in [6, 6.07) is 6.31. The molecule has 0 unspecified atom stereocenters. The zero-order valence-electron chi connectivity index (χ0n) is 13.1. The van der Waals surface area contributed by atoms with Crippen molar-refractivity contribution < 1.29 is 9.84 Å². The van der Waals surface area contributed by atoms with Gasteiger partial charge in [-0.25, -0.2) is 0 Å². The molecule has 1 heterocycles. The summed E-state index contributed by atoms with van der Waals surface area (Å²) < 4.78 is 5.80. The van der Waals surface area contributed by atoms with E-state index in [0.29, 0.717) is 5.92 Å². The first-order valence-electron chi connectivity index (χ1n) is 7.55. The van der Waals surface area contributed by atoms with Gasteiger partial charge in [0.05, 0.1) is 12.2 Å². The minimum Gasteiger partial charge on any atom is -0.494 e. The number of hydrogen-bond donors (Lipinski definition) is 1. The lowest BCUT2D eigenvalue weighted by atomic mass is 9.83. The van der Waals surface area contributed by atoms with Crippen LogP contribution >= 0.6 is 0 Å². The summed E-state index contributed by atoms with van der Waals surface area (Å²) in [4.78, 5) is 2.30. The van der Waals surface area contributed by atoms with E-state index in [-0.39, 0.29) is 0 Å². The lowest BCUT2D eigenvalue weighted by molar-refractivity contribution is -0.127. The Balaban J connectivity index is 1.66. The SMILES string of the molecule is Cc1cc(C)cc(OCCCN2CC(O)(C(C)C)C2)c1. The summed E-state index contributed by atoms with van der Waals surface area (Å²) in [5.74, 6) is 1.30. The fourth-order valence-corrected chi connectivity index (χ4v) is 2.75. The highest BCUT2D eigenvalue weighted by Gasteiger charge is 2.42. The number of ether oxygens (including phenoxy) is 1. The van der Waals surface area contributed by atoms with Gasteiger partial charge in [-0.3, -0.25) is 4.90 Å². The molecule has 0 saturated carbocycles. The number of β-amino-alcohol motifs (C(OH)–C–C–N with tert-alkyl or cyclic N) is 1. The highest BCUT2D eigenvalue weighted by atomic mass is 16.5. The first-order chi connectivity index (χ1) is 9.39. The quantitative estimate of drug-likeness (QED) is 0.812. The lowest BCUT2D eigenvalue weighted by Crippen LogP contribution is -2.64. The highest BCUT2D eigenvalue weighted by molar-refractivity contribution is 5.32. The van der Waals surface area contributed by atoms with Crippen molar-refractivity contribution in [2.24, 2.45) is 5.92 Å². The molecule has 0 amide bonds. The summed E-state index contributed by atoms with van der Waals surface area (Å²) in [5, 5.41) is 10.2. The highest BCUT2D eigenvalue weighted by Crippen LogP contribution is 2.28. The van der Waals surface area contributed by atoms with Crippen LogP contribution in [0, 0.1) is 19.8 Å². The van der Waals surface area contributed by atoms with Gasteiger partial charge in [0.15, 0.2) is 0 Å². The number of aliphatic hydroxyl groups is 1. The third-order valence-electron chi connectivity index (χ3n) is 4.15. The van der Waals surface area contributed by atoms with Crippen molar-refractivity contribution >= 4 is 0 Å². The fourth-order valence-electron chi connectivity index (χ4n) is 2.75. The van der Waals surface area contributed by atoms with Crippen LogP contribution in [-0.4, -0.2) is 41.8 Å². The van der Waals surface area contributed by atoms with Gasteiger partial charge < -0.3 is 9.84 Å². The van der Waals surface area contributed by atoms with Crippen molar-refractivity contribution in [3.05, 3.63) is 29.3 Å². The van der Waals surface area contributed by atoms with Crippen LogP contribution in [0.1, 0.15) is 31.4 Å². The smallest absolute Gasteiger partial charge is 0.119 e. The molecule has 0 radical (unpaired) electrons. The Morgan fingerprint density at radius 1 is 1.20 bits per heavy atom. The molecular formula is C17H27NO2. The van der Waals surface area contributed by atoms with Crippen molar-refractivity contribution in [1.29, 1.82) is 0 Å². The average molecular weight is 277 g/mol. The molecule has 0 bridgehead atoms. The number of hydrogen-bond acceptors (Lipinski definition) is 3. The van der Waals surface area contributed by atoms with Gasteiger partial charge in [0.25, 0.3) is 0 Å². The van der Waals surface area contributed by atoms with Crippen molar-refractivity contribution in [3.8, 4) is 5.75 Å². The molecule has 3 nitrogen and oxygen atoms in total. The van der Waals surface area contributed by atoms with Gasteiger partial charge in [-0.15, -0.1) is 0 Å². The molecule has 1 fully saturated rings. The second-order valence-corrected chi connectivity index (χ2v) is 6.49. The molecule has 0 spiro atoms. The zero-order chi connectivity index (χ0) is 14.8. The fraction of sp³-hybridized carbons (Fsp3) is 0.647. The van der Waals surface area contributed by atoms with Crippen LogP contribution in [-0.2, 0) is 0 Å². The van der Waals surface area contributed by atoms with Crippen molar-refractivity contribution in [3.63, 3.8) is 0 Å². The van der Waals surface area contributed by atoms with E-state index in [2.05, 4.69) is 50.8 Å².